The highest BCUT2D eigenvalue weighted by Gasteiger charge is 2.05. The minimum absolute atomic E-state index is 0.601. The van der Waals surface area contributed by atoms with E-state index in [1.807, 2.05) is 12.1 Å². The van der Waals surface area contributed by atoms with Gasteiger partial charge in [0, 0.05) is 16.6 Å². The molecule has 2 rings (SSSR count). The number of benzene rings is 2. The number of unbranched alkanes of at least 4 members (excludes halogenated alkanes) is 1. The third kappa shape index (κ3) is 5.47. The average Bonchev–Trinajstić information content (AvgIpc) is 2.52. The van der Waals surface area contributed by atoms with Crippen LogP contribution in [0.5, 0.6) is 5.75 Å². The zero-order chi connectivity index (χ0) is 15.8. The summed E-state index contributed by atoms with van der Waals surface area (Å²) in [5.74, 6) is 0.952. The summed E-state index contributed by atoms with van der Waals surface area (Å²) in [5.41, 5.74) is 3.66. The van der Waals surface area contributed by atoms with Gasteiger partial charge in [0.1, 0.15) is 12.4 Å². The molecule has 0 aliphatic heterocycles. The monoisotopic (exact) mass is 361 g/mol. The Bertz CT molecular complexity index is 580. The lowest BCUT2D eigenvalue weighted by atomic mass is 10.1. The van der Waals surface area contributed by atoms with E-state index in [1.165, 1.54) is 29.5 Å². The minimum atomic E-state index is 0.601. The van der Waals surface area contributed by atoms with Gasteiger partial charge in [-0.05, 0) is 43.7 Å². The van der Waals surface area contributed by atoms with Crippen molar-refractivity contribution in [3.63, 3.8) is 0 Å². The SMILES string of the molecule is CCCCNCc1cc(Br)ccc1OCc1ccc(C)cc1. The Labute approximate surface area is 142 Å². The number of hydrogen-bond donors (Lipinski definition) is 1. The van der Waals surface area contributed by atoms with E-state index in [0.717, 1.165) is 23.3 Å². The van der Waals surface area contributed by atoms with Gasteiger partial charge in [-0.1, -0.05) is 59.1 Å². The molecule has 1 N–H and O–H groups in total. The van der Waals surface area contributed by atoms with Gasteiger partial charge in [-0.25, -0.2) is 0 Å². The molecule has 0 saturated heterocycles. The summed E-state index contributed by atoms with van der Waals surface area (Å²) in [4.78, 5) is 0. The van der Waals surface area contributed by atoms with E-state index in [-0.39, 0.29) is 0 Å². The van der Waals surface area contributed by atoms with Crippen LogP contribution in [0.25, 0.3) is 0 Å². The lowest BCUT2D eigenvalue weighted by Gasteiger charge is -2.13. The molecule has 0 saturated carbocycles. The molecule has 2 aromatic rings. The topological polar surface area (TPSA) is 21.3 Å². The molecule has 0 aliphatic rings. The summed E-state index contributed by atoms with van der Waals surface area (Å²) in [6, 6.07) is 14.7. The lowest BCUT2D eigenvalue weighted by Crippen LogP contribution is -2.15. The highest BCUT2D eigenvalue weighted by molar-refractivity contribution is 9.10. The van der Waals surface area contributed by atoms with E-state index in [9.17, 15) is 0 Å². The third-order valence-electron chi connectivity index (χ3n) is 3.56. The van der Waals surface area contributed by atoms with Gasteiger partial charge in [-0.3, -0.25) is 0 Å². The van der Waals surface area contributed by atoms with Crippen LogP contribution < -0.4 is 10.1 Å². The molecular weight excluding hydrogens is 338 g/mol. The molecule has 22 heavy (non-hydrogen) atoms. The van der Waals surface area contributed by atoms with Crippen LogP contribution in [0.2, 0.25) is 0 Å². The smallest absolute Gasteiger partial charge is 0.124 e. The first-order valence-electron chi connectivity index (χ1n) is 7.86. The Morgan fingerprint density at radius 2 is 1.86 bits per heavy atom. The molecule has 0 atom stereocenters. The van der Waals surface area contributed by atoms with Crippen molar-refractivity contribution in [2.24, 2.45) is 0 Å². The molecule has 118 valence electrons. The molecule has 2 nitrogen and oxygen atoms in total. The molecule has 0 fully saturated rings. The fourth-order valence-electron chi connectivity index (χ4n) is 2.20. The van der Waals surface area contributed by atoms with Gasteiger partial charge in [0.15, 0.2) is 0 Å². The van der Waals surface area contributed by atoms with Crippen LogP contribution in [-0.2, 0) is 13.2 Å². The van der Waals surface area contributed by atoms with Crippen molar-refractivity contribution in [1.29, 1.82) is 0 Å². The normalized spacial score (nSPS) is 10.7. The van der Waals surface area contributed by atoms with E-state index >= 15 is 0 Å². The fourth-order valence-corrected chi connectivity index (χ4v) is 2.61. The van der Waals surface area contributed by atoms with Crippen LogP contribution >= 0.6 is 15.9 Å². The second-order valence-electron chi connectivity index (χ2n) is 5.56. The Morgan fingerprint density at radius 1 is 1.09 bits per heavy atom. The largest absolute Gasteiger partial charge is 0.489 e. The lowest BCUT2D eigenvalue weighted by molar-refractivity contribution is 0.302. The van der Waals surface area contributed by atoms with Gasteiger partial charge in [-0.2, -0.15) is 0 Å². The summed E-state index contributed by atoms with van der Waals surface area (Å²) < 4.78 is 7.10. The predicted molar refractivity (Wildman–Crippen MR) is 96.3 cm³/mol. The quantitative estimate of drug-likeness (QED) is 0.650. The van der Waals surface area contributed by atoms with E-state index < -0.39 is 0 Å². The van der Waals surface area contributed by atoms with Gasteiger partial charge >= 0.3 is 0 Å². The zero-order valence-corrected chi connectivity index (χ0v) is 14.9. The molecule has 0 heterocycles. The minimum Gasteiger partial charge on any atom is -0.489 e. The van der Waals surface area contributed by atoms with Crippen molar-refractivity contribution in [2.75, 3.05) is 6.54 Å². The average molecular weight is 362 g/mol. The number of halogens is 1. The van der Waals surface area contributed by atoms with Crippen molar-refractivity contribution in [3.8, 4) is 5.75 Å². The zero-order valence-electron chi connectivity index (χ0n) is 13.4. The van der Waals surface area contributed by atoms with E-state index in [1.54, 1.807) is 0 Å². The first kappa shape index (κ1) is 17.0. The van der Waals surface area contributed by atoms with Crippen molar-refractivity contribution in [2.45, 2.75) is 39.8 Å². The molecule has 0 unspecified atom stereocenters. The van der Waals surface area contributed by atoms with Crippen molar-refractivity contribution < 1.29 is 4.74 Å². The Morgan fingerprint density at radius 3 is 2.59 bits per heavy atom. The highest BCUT2D eigenvalue weighted by atomic mass is 79.9. The maximum atomic E-state index is 6.01. The van der Waals surface area contributed by atoms with Gasteiger partial charge in [0.2, 0.25) is 0 Å². The predicted octanol–water partition coefficient (Wildman–Crippen LogP) is 5.23. The van der Waals surface area contributed by atoms with Gasteiger partial charge in [0.05, 0.1) is 0 Å². The summed E-state index contributed by atoms with van der Waals surface area (Å²) >= 11 is 3.54. The fraction of sp³-hybridized carbons (Fsp3) is 0.368. The van der Waals surface area contributed by atoms with Crippen LogP contribution in [0, 0.1) is 6.92 Å². The summed E-state index contributed by atoms with van der Waals surface area (Å²) in [6.07, 6.45) is 2.41. The van der Waals surface area contributed by atoms with Crippen molar-refractivity contribution in [3.05, 3.63) is 63.6 Å². The Hall–Kier alpha value is -1.32. The second kappa shape index (κ2) is 8.96. The molecule has 0 spiro atoms. The van der Waals surface area contributed by atoms with Crippen molar-refractivity contribution in [1.82, 2.24) is 5.32 Å². The van der Waals surface area contributed by atoms with Crippen LogP contribution in [0.3, 0.4) is 0 Å². The summed E-state index contributed by atoms with van der Waals surface area (Å²) in [6.45, 7) is 6.78. The second-order valence-corrected chi connectivity index (χ2v) is 6.47. The Balaban J connectivity index is 1.98. The highest BCUT2D eigenvalue weighted by Crippen LogP contribution is 2.24. The van der Waals surface area contributed by atoms with E-state index in [2.05, 4.69) is 65.4 Å². The molecule has 0 amide bonds. The van der Waals surface area contributed by atoms with Crippen molar-refractivity contribution >= 4 is 15.9 Å². The standard InChI is InChI=1S/C19H24BrNO/c1-3-4-11-21-13-17-12-18(20)9-10-19(17)22-14-16-7-5-15(2)6-8-16/h5-10,12,21H,3-4,11,13-14H2,1-2H3. The summed E-state index contributed by atoms with van der Waals surface area (Å²) in [5, 5.41) is 3.48. The number of rotatable bonds is 8. The molecule has 0 aliphatic carbocycles. The number of ether oxygens (including phenoxy) is 1. The van der Waals surface area contributed by atoms with Gasteiger partial charge < -0.3 is 10.1 Å². The molecule has 3 heteroatoms. The molecule has 2 aromatic carbocycles. The number of hydrogen-bond acceptors (Lipinski definition) is 2. The van der Waals surface area contributed by atoms with E-state index in [0.29, 0.717) is 6.61 Å². The summed E-state index contributed by atoms with van der Waals surface area (Å²) in [7, 11) is 0. The molecule has 0 aromatic heterocycles. The van der Waals surface area contributed by atoms with Crippen LogP contribution in [0.15, 0.2) is 46.9 Å². The Kier molecular flexibility index (Phi) is 6.94. The van der Waals surface area contributed by atoms with E-state index in [4.69, 9.17) is 4.74 Å². The van der Waals surface area contributed by atoms with Gasteiger partial charge in [-0.15, -0.1) is 0 Å². The molecular formula is C19H24BrNO. The molecule has 0 radical (unpaired) electrons. The number of aryl methyl sites for hydroxylation is 1. The van der Waals surface area contributed by atoms with Crippen LogP contribution in [0.1, 0.15) is 36.5 Å². The third-order valence-corrected chi connectivity index (χ3v) is 4.05. The first-order chi connectivity index (χ1) is 10.7. The first-order valence-corrected chi connectivity index (χ1v) is 8.66. The number of nitrogens with one attached hydrogen (secondary N) is 1. The maximum absolute atomic E-state index is 6.01. The van der Waals surface area contributed by atoms with Crippen LogP contribution in [-0.4, -0.2) is 6.54 Å². The molecule has 0 bridgehead atoms. The van der Waals surface area contributed by atoms with Gasteiger partial charge in [0.25, 0.3) is 0 Å². The maximum Gasteiger partial charge on any atom is 0.124 e. The van der Waals surface area contributed by atoms with Crippen LogP contribution in [0.4, 0.5) is 0 Å².